The second kappa shape index (κ2) is 5.61. The molecule has 0 saturated carbocycles. The summed E-state index contributed by atoms with van der Waals surface area (Å²) >= 11 is 3.44. The van der Waals surface area contributed by atoms with Crippen LogP contribution in [-0.2, 0) is 0 Å². The number of anilines is 1. The Bertz CT molecular complexity index is 880. The number of rotatable bonds is 2. The highest BCUT2D eigenvalue weighted by molar-refractivity contribution is 9.10. The van der Waals surface area contributed by atoms with Crippen molar-refractivity contribution >= 4 is 38.5 Å². The maximum Gasteiger partial charge on any atom is 0.291 e. The third kappa shape index (κ3) is 2.55. The fourth-order valence-corrected chi connectivity index (χ4v) is 2.84. The maximum atomic E-state index is 12.5. The van der Waals surface area contributed by atoms with E-state index in [1.807, 2.05) is 57.2 Å². The van der Waals surface area contributed by atoms with Gasteiger partial charge in [0.25, 0.3) is 5.91 Å². The van der Waals surface area contributed by atoms with Crippen LogP contribution in [0.5, 0.6) is 0 Å². The summed E-state index contributed by atoms with van der Waals surface area (Å²) < 4.78 is 6.69. The number of carbonyl (C=O) groups excluding carboxylic acids is 1. The quantitative estimate of drug-likeness (QED) is 0.669. The van der Waals surface area contributed by atoms with E-state index >= 15 is 0 Å². The van der Waals surface area contributed by atoms with Gasteiger partial charge in [-0.3, -0.25) is 4.79 Å². The Labute approximate surface area is 137 Å². The van der Waals surface area contributed by atoms with Gasteiger partial charge in [0.15, 0.2) is 5.76 Å². The number of furan rings is 1. The Hall–Kier alpha value is -2.07. The number of hydrogen-bond acceptors (Lipinski definition) is 2. The van der Waals surface area contributed by atoms with Crippen LogP contribution in [0.4, 0.5) is 5.69 Å². The predicted octanol–water partition coefficient (Wildman–Crippen LogP) is 5.37. The third-order valence-electron chi connectivity index (χ3n) is 3.96. The fraction of sp³-hybridized carbons (Fsp3) is 0.167. The van der Waals surface area contributed by atoms with Crippen molar-refractivity contribution in [3.63, 3.8) is 0 Å². The molecule has 0 unspecified atom stereocenters. The lowest BCUT2D eigenvalue weighted by Gasteiger charge is -2.09. The van der Waals surface area contributed by atoms with Gasteiger partial charge in [0.1, 0.15) is 5.58 Å². The topological polar surface area (TPSA) is 42.2 Å². The van der Waals surface area contributed by atoms with Crippen LogP contribution < -0.4 is 5.32 Å². The van der Waals surface area contributed by atoms with Crippen LogP contribution in [0, 0.1) is 20.8 Å². The number of carbonyl (C=O) groups is 1. The molecule has 0 radical (unpaired) electrons. The lowest BCUT2D eigenvalue weighted by Crippen LogP contribution is -2.13. The molecule has 0 saturated heterocycles. The molecule has 2 aromatic carbocycles. The third-order valence-corrected chi connectivity index (χ3v) is 4.45. The van der Waals surface area contributed by atoms with Gasteiger partial charge >= 0.3 is 0 Å². The van der Waals surface area contributed by atoms with E-state index in [1.54, 1.807) is 0 Å². The van der Waals surface area contributed by atoms with Crippen LogP contribution in [0.15, 0.2) is 45.3 Å². The average molecular weight is 358 g/mol. The molecule has 3 rings (SSSR count). The molecule has 1 amide bonds. The molecule has 1 heterocycles. The van der Waals surface area contributed by atoms with Crippen LogP contribution >= 0.6 is 15.9 Å². The number of amides is 1. The first kappa shape index (κ1) is 14.9. The molecule has 1 N–H and O–H groups in total. The van der Waals surface area contributed by atoms with Crippen LogP contribution in [0.3, 0.4) is 0 Å². The number of halogens is 1. The molecule has 0 aliphatic carbocycles. The van der Waals surface area contributed by atoms with Gasteiger partial charge in [-0.1, -0.05) is 28.1 Å². The van der Waals surface area contributed by atoms with Crippen LogP contribution in [0.2, 0.25) is 0 Å². The fourth-order valence-electron chi connectivity index (χ4n) is 2.48. The summed E-state index contributed by atoms with van der Waals surface area (Å²) in [5.41, 5.74) is 4.58. The molecule has 0 aliphatic rings. The Morgan fingerprint density at radius 3 is 2.64 bits per heavy atom. The van der Waals surface area contributed by atoms with E-state index in [1.165, 1.54) is 0 Å². The number of nitrogens with one attached hydrogen (secondary N) is 1. The molecule has 0 bridgehead atoms. The van der Waals surface area contributed by atoms with Gasteiger partial charge in [-0.05, 0) is 56.2 Å². The number of benzene rings is 2. The Morgan fingerprint density at radius 1 is 1.09 bits per heavy atom. The molecule has 3 nitrogen and oxygen atoms in total. The standard InChI is InChI=1S/C18H16BrNO2/c1-10-5-4-6-15(11(10)2)20-18(21)17-12(3)14-9-13(19)7-8-16(14)22-17/h4-9H,1-3H3,(H,20,21). The first-order chi connectivity index (χ1) is 10.5. The molecule has 4 heteroatoms. The summed E-state index contributed by atoms with van der Waals surface area (Å²) in [5, 5.41) is 3.88. The summed E-state index contributed by atoms with van der Waals surface area (Å²) in [6.07, 6.45) is 0. The number of aryl methyl sites for hydroxylation is 2. The lowest BCUT2D eigenvalue weighted by molar-refractivity contribution is 0.0998. The molecule has 0 aliphatic heterocycles. The van der Waals surface area contributed by atoms with Crippen molar-refractivity contribution in [1.82, 2.24) is 0 Å². The van der Waals surface area contributed by atoms with Crippen LogP contribution in [-0.4, -0.2) is 5.91 Å². The lowest BCUT2D eigenvalue weighted by atomic mass is 10.1. The van der Waals surface area contributed by atoms with Crippen molar-refractivity contribution in [2.24, 2.45) is 0 Å². The van der Waals surface area contributed by atoms with E-state index < -0.39 is 0 Å². The van der Waals surface area contributed by atoms with E-state index in [2.05, 4.69) is 21.2 Å². The van der Waals surface area contributed by atoms with E-state index in [-0.39, 0.29) is 5.91 Å². The van der Waals surface area contributed by atoms with Crippen LogP contribution in [0.25, 0.3) is 11.0 Å². The molecule has 112 valence electrons. The highest BCUT2D eigenvalue weighted by Gasteiger charge is 2.18. The molecule has 1 aromatic heterocycles. The zero-order valence-corrected chi connectivity index (χ0v) is 14.2. The van der Waals surface area contributed by atoms with Gasteiger partial charge in [-0.25, -0.2) is 0 Å². The smallest absolute Gasteiger partial charge is 0.291 e. The number of hydrogen-bond donors (Lipinski definition) is 1. The van der Waals surface area contributed by atoms with Crippen LogP contribution in [0.1, 0.15) is 27.2 Å². The van der Waals surface area contributed by atoms with Gasteiger partial charge in [-0.15, -0.1) is 0 Å². The molecule has 22 heavy (non-hydrogen) atoms. The minimum atomic E-state index is -0.224. The van der Waals surface area contributed by atoms with Crippen molar-refractivity contribution < 1.29 is 9.21 Å². The zero-order chi connectivity index (χ0) is 15.9. The van der Waals surface area contributed by atoms with Crippen molar-refractivity contribution in [2.75, 3.05) is 5.32 Å². The van der Waals surface area contributed by atoms with Crippen molar-refractivity contribution in [3.05, 3.63) is 63.3 Å². The summed E-state index contributed by atoms with van der Waals surface area (Å²) in [5.74, 6) is 0.132. The zero-order valence-electron chi connectivity index (χ0n) is 12.7. The molecule has 0 atom stereocenters. The van der Waals surface area contributed by atoms with E-state index in [0.717, 1.165) is 32.2 Å². The summed E-state index contributed by atoms with van der Waals surface area (Å²) in [6.45, 7) is 5.92. The first-order valence-corrected chi connectivity index (χ1v) is 7.83. The minimum Gasteiger partial charge on any atom is -0.451 e. The second-order valence-corrected chi connectivity index (χ2v) is 6.31. The molecular formula is C18H16BrNO2. The van der Waals surface area contributed by atoms with Crippen molar-refractivity contribution in [2.45, 2.75) is 20.8 Å². The van der Waals surface area contributed by atoms with Gasteiger partial charge in [0, 0.05) is 21.1 Å². The van der Waals surface area contributed by atoms with Crippen molar-refractivity contribution in [1.29, 1.82) is 0 Å². The van der Waals surface area contributed by atoms with Crippen molar-refractivity contribution in [3.8, 4) is 0 Å². The van der Waals surface area contributed by atoms with Gasteiger partial charge in [0.2, 0.25) is 0 Å². The minimum absolute atomic E-state index is 0.224. The molecule has 0 fully saturated rings. The molecule has 0 spiro atoms. The van der Waals surface area contributed by atoms with E-state index in [4.69, 9.17) is 4.42 Å². The normalized spacial score (nSPS) is 10.9. The van der Waals surface area contributed by atoms with E-state index in [0.29, 0.717) is 11.3 Å². The Kier molecular flexibility index (Phi) is 3.79. The highest BCUT2D eigenvalue weighted by Crippen LogP contribution is 2.29. The van der Waals surface area contributed by atoms with Gasteiger partial charge < -0.3 is 9.73 Å². The number of fused-ring (bicyclic) bond motifs is 1. The molecular weight excluding hydrogens is 342 g/mol. The van der Waals surface area contributed by atoms with Gasteiger partial charge in [0.05, 0.1) is 0 Å². The monoisotopic (exact) mass is 357 g/mol. The SMILES string of the molecule is Cc1cccc(NC(=O)c2oc3ccc(Br)cc3c2C)c1C. The molecule has 3 aromatic rings. The summed E-state index contributed by atoms with van der Waals surface area (Å²) in [4.78, 5) is 12.5. The Balaban J connectivity index is 1.99. The maximum absolute atomic E-state index is 12.5. The van der Waals surface area contributed by atoms with E-state index in [9.17, 15) is 4.79 Å². The Morgan fingerprint density at radius 2 is 1.86 bits per heavy atom. The summed E-state index contributed by atoms with van der Waals surface area (Å²) in [7, 11) is 0. The average Bonchev–Trinajstić information content (AvgIpc) is 2.81. The largest absolute Gasteiger partial charge is 0.451 e. The van der Waals surface area contributed by atoms with Gasteiger partial charge in [-0.2, -0.15) is 0 Å². The second-order valence-electron chi connectivity index (χ2n) is 5.40. The first-order valence-electron chi connectivity index (χ1n) is 7.03. The summed E-state index contributed by atoms with van der Waals surface area (Å²) in [6, 6.07) is 11.6. The highest BCUT2D eigenvalue weighted by atomic mass is 79.9. The predicted molar refractivity (Wildman–Crippen MR) is 92.5 cm³/mol.